The number of ether oxygens (including phenoxy) is 1. The topological polar surface area (TPSA) is 55.4 Å². The van der Waals surface area contributed by atoms with Crippen LogP contribution < -0.4 is 5.32 Å². The van der Waals surface area contributed by atoms with Gasteiger partial charge >= 0.3 is 5.97 Å². The fourth-order valence-corrected chi connectivity index (χ4v) is 2.22. The van der Waals surface area contributed by atoms with Crippen LogP contribution in [0.15, 0.2) is 60.7 Å². The van der Waals surface area contributed by atoms with Crippen molar-refractivity contribution < 1.29 is 14.3 Å². The molecule has 0 aliphatic heterocycles. The molecule has 4 heteroatoms. The van der Waals surface area contributed by atoms with Crippen molar-refractivity contribution in [2.45, 2.75) is 19.8 Å². The summed E-state index contributed by atoms with van der Waals surface area (Å²) < 4.78 is 5.05. The summed E-state index contributed by atoms with van der Waals surface area (Å²) >= 11 is 0. The maximum Gasteiger partial charge on any atom is 0.330 e. The van der Waals surface area contributed by atoms with Crippen LogP contribution in [-0.4, -0.2) is 25.0 Å². The van der Waals surface area contributed by atoms with Crippen LogP contribution >= 0.6 is 0 Å². The predicted molar refractivity (Wildman–Crippen MR) is 98.9 cm³/mol. The lowest BCUT2D eigenvalue weighted by molar-refractivity contribution is -0.138. The number of esters is 1. The van der Waals surface area contributed by atoms with Crippen LogP contribution in [0.2, 0.25) is 0 Å². The number of benzene rings is 2. The van der Waals surface area contributed by atoms with Crippen LogP contribution in [0.25, 0.3) is 6.08 Å². The SMILES string of the molecule is Cc1ccc(CCC(=O)NCCOC(=O)/C=C/c2ccccc2)cc1. The van der Waals surface area contributed by atoms with E-state index in [4.69, 9.17) is 4.74 Å². The maximum atomic E-state index is 11.8. The second-order valence-corrected chi connectivity index (χ2v) is 5.75. The molecule has 0 aliphatic carbocycles. The van der Waals surface area contributed by atoms with E-state index >= 15 is 0 Å². The number of carbonyl (C=O) groups is 2. The van der Waals surface area contributed by atoms with Gasteiger partial charge < -0.3 is 10.1 Å². The van der Waals surface area contributed by atoms with Gasteiger partial charge in [-0.15, -0.1) is 0 Å². The summed E-state index contributed by atoms with van der Waals surface area (Å²) in [6.45, 7) is 2.51. The van der Waals surface area contributed by atoms with Gasteiger partial charge in [0.15, 0.2) is 0 Å². The Kier molecular flexibility index (Phi) is 7.44. The highest BCUT2D eigenvalue weighted by Gasteiger charge is 2.03. The van der Waals surface area contributed by atoms with Gasteiger partial charge in [-0.05, 0) is 30.5 Å². The minimum absolute atomic E-state index is 0.0450. The Labute approximate surface area is 148 Å². The maximum absolute atomic E-state index is 11.8. The molecular weight excluding hydrogens is 314 g/mol. The highest BCUT2D eigenvalue weighted by atomic mass is 16.5. The first-order chi connectivity index (χ1) is 12.1. The van der Waals surface area contributed by atoms with E-state index in [0.717, 1.165) is 11.1 Å². The molecule has 0 spiro atoms. The van der Waals surface area contributed by atoms with Gasteiger partial charge in [0.05, 0.1) is 6.54 Å². The molecule has 0 aromatic heterocycles. The van der Waals surface area contributed by atoms with Gasteiger partial charge in [-0.2, -0.15) is 0 Å². The van der Waals surface area contributed by atoms with E-state index in [2.05, 4.69) is 5.32 Å². The van der Waals surface area contributed by atoms with Crippen molar-refractivity contribution in [2.24, 2.45) is 0 Å². The quantitative estimate of drug-likeness (QED) is 0.457. The van der Waals surface area contributed by atoms with E-state index in [9.17, 15) is 9.59 Å². The van der Waals surface area contributed by atoms with Gasteiger partial charge in [-0.1, -0.05) is 60.2 Å². The summed E-state index contributed by atoms with van der Waals surface area (Å²) in [5.41, 5.74) is 3.28. The van der Waals surface area contributed by atoms with E-state index in [1.807, 2.05) is 61.5 Å². The third-order valence-corrected chi connectivity index (χ3v) is 3.64. The first-order valence-corrected chi connectivity index (χ1v) is 8.35. The molecule has 0 atom stereocenters. The Balaban J connectivity index is 1.58. The Morgan fingerprint density at radius 3 is 2.48 bits per heavy atom. The Morgan fingerprint density at radius 2 is 1.76 bits per heavy atom. The summed E-state index contributed by atoms with van der Waals surface area (Å²) in [5, 5.41) is 2.75. The normalized spacial score (nSPS) is 10.6. The molecule has 0 fully saturated rings. The average Bonchev–Trinajstić information content (AvgIpc) is 2.64. The second kappa shape index (κ2) is 10.1. The lowest BCUT2D eigenvalue weighted by atomic mass is 10.1. The molecule has 1 N–H and O–H groups in total. The highest BCUT2D eigenvalue weighted by molar-refractivity contribution is 5.87. The number of hydrogen-bond acceptors (Lipinski definition) is 3. The number of amides is 1. The smallest absolute Gasteiger partial charge is 0.330 e. The monoisotopic (exact) mass is 337 g/mol. The van der Waals surface area contributed by atoms with Gasteiger partial charge in [0.2, 0.25) is 5.91 Å². The molecule has 0 aliphatic rings. The van der Waals surface area contributed by atoms with Crippen LogP contribution in [0, 0.1) is 6.92 Å². The Bertz CT molecular complexity index is 706. The molecule has 0 unspecified atom stereocenters. The fourth-order valence-electron chi connectivity index (χ4n) is 2.22. The summed E-state index contributed by atoms with van der Waals surface area (Å²) in [4.78, 5) is 23.4. The lowest BCUT2D eigenvalue weighted by Gasteiger charge is -2.06. The lowest BCUT2D eigenvalue weighted by Crippen LogP contribution is -2.28. The molecule has 0 saturated carbocycles. The Morgan fingerprint density at radius 1 is 1.04 bits per heavy atom. The summed E-state index contributed by atoms with van der Waals surface area (Å²) in [6.07, 6.45) is 4.20. The van der Waals surface area contributed by atoms with Crippen molar-refractivity contribution in [1.29, 1.82) is 0 Å². The molecule has 0 bridgehead atoms. The first-order valence-electron chi connectivity index (χ1n) is 8.35. The van der Waals surface area contributed by atoms with Gasteiger partial charge in [0, 0.05) is 12.5 Å². The van der Waals surface area contributed by atoms with Gasteiger partial charge in [-0.25, -0.2) is 4.79 Å². The van der Waals surface area contributed by atoms with Crippen molar-refractivity contribution in [3.05, 3.63) is 77.4 Å². The van der Waals surface area contributed by atoms with Crippen LogP contribution in [0.4, 0.5) is 0 Å². The molecular formula is C21H23NO3. The number of rotatable bonds is 8. The van der Waals surface area contributed by atoms with Crippen molar-refractivity contribution in [3.8, 4) is 0 Å². The molecule has 25 heavy (non-hydrogen) atoms. The summed E-state index contributed by atoms with van der Waals surface area (Å²) in [7, 11) is 0. The number of nitrogens with one attached hydrogen (secondary N) is 1. The number of aryl methyl sites for hydroxylation is 2. The van der Waals surface area contributed by atoms with Crippen LogP contribution in [0.5, 0.6) is 0 Å². The zero-order chi connectivity index (χ0) is 17.9. The largest absolute Gasteiger partial charge is 0.461 e. The molecule has 1 amide bonds. The molecule has 2 rings (SSSR count). The fraction of sp³-hybridized carbons (Fsp3) is 0.238. The third kappa shape index (κ3) is 7.48. The van der Waals surface area contributed by atoms with Crippen molar-refractivity contribution in [3.63, 3.8) is 0 Å². The zero-order valence-electron chi connectivity index (χ0n) is 14.4. The average molecular weight is 337 g/mol. The van der Waals surface area contributed by atoms with Gasteiger partial charge in [0.25, 0.3) is 0 Å². The molecule has 4 nitrogen and oxygen atoms in total. The Hall–Kier alpha value is -2.88. The van der Waals surface area contributed by atoms with Crippen LogP contribution in [0.3, 0.4) is 0 Å². The number of carbonyl (C=O) groups excluding carboxylic acids is 2. The summed E-state index contributed by atoms with van der Waals surface area (Å²) in [5.74, 6) is -0.464. The molecule has 0 heterocycles. The van der Waals surface area contributed by atoms with Gasteiger partial charge in [-0.3, -0.25) is 4.79 Å². The molecule has 2 aromatic carbocycles. The van der Waals surface area contributed by atoms with Crippen LogP contribution in [-0.2, 0) is 20.7 Å². The zero-order valence-corrected chi connectivity index (χ0v) is 14.4. The van der Waals surface area contributed by atoms with Gasteiger partial charge in [0.1, 0.15) is 6.61 Å². The molecule has 0 radical (unpaired) electrons. The standard InChI is InChI=1S/C21H23NO3/c1-17-7-9-19(10-8-17)11-13-20(23)22-15-16-25-21(24)14-12-18-5-3-2-4-6-18/h2-10,12,14H,11,13,15-16H2,1H3,(H,22,23)/b14-12+. The first kappa shape index (κ1) is 18.5. The minimum Gasteiger partial charge on any atom is -0.461 e. The van der Waals surface area contributed by atoms with E-state index in [1.165, 1.54) is 11.6 Å². The van der Waals surface area contributed by atoms with E-state index < -0.39 is 5.97 Å². The molecule has 130 valence electrons. The van der Waals surface area contributed by atoms with E-state index in [1.54, 1.807) is 6.08 Å². The predicted octanol–water partition coefficient (Wildman–Crippen LogP) is 3.30. The van der Waals surface area contributed by atoms with Crippen molar-refractivity contribution >= 4 is 18.0 Å². The second-order valence-electron chi connectivity index (χ2n) is 5.75. The minimum atomic E-state index is -0.419. The van der Waals surface area contributed by atoms with E-state index in [-0.39, 0.29) is 12.5 Å². The highest BCUT2D eigenvalue weighted by Crippen LogP contribution is 2.05. The van der Waals surface area contributed by atoms with E-state index in [0.29, 0.717) is 19.4 Å². The third-order valence-electron chi connectivity index (χ3n) is 3.64. The van der Waals surface area contributed by atoms with Crippen LogP contribution in [0.1, 0.15) is 23.1 Å². The van der Waals surface area contributed by atoms with Crippen molar-refractivity contribution in [1.82, 2.24) is 5.32 Å². The molecule has 2 aromatic rings. The number of hydrogen-bond donors (Lipinski definition) is 1. The molecule has 0 saturated heterocycles. The summed E-state index contributed by atoms with van der Waals surface area (Å²) in [6, 6.07) is 17.7. The van der Waals surface area contributed by atoms with Crippen molar-refractivity contribution in [2.75, 3.05) is 13.2 Å².